The third-order valence-electron chi connectivity index (χ3n) is 7.37. The predicted molar refractivity (Wildman–Crippen MR) is 139 cm³/mol. The average Bonchev–Trinajstić information content (AvgIpc) is 2.89. The number of aromatic nitrogens is 4. The van der Waals surface area contributed by atoms with Gasteiger partial charge in [0.1, 0.15) is 17.2 Å². The van der Waals surface area contributed by atoms with Crippen LogP contribution in [0, 0.1) is 19.7 Å². The second kappa shape index (κ2) is 10.7. The Kier molecular flexibility index (Phi) is 7.38. The fourth-order valence-electron chi connectivity index (χ4n) is 5.54. The van der Waals surface area contributed by atoms with E-state index < -0.39 is 12.8 Å². The first kappa shape index (κ1) is 26.8. The summed E-state index contributed by atoms with van der Waals surface area (Å²) in [5.74, 6) is -0.433. The molecule has 4 aromatic rings. The Morgan fingerprint density at radius 1 is 1.00 bits per heavy atom. The number of pyridine rings is 2. The zero-order valence-corrected chi connectivity index (χ0v) is 21.6. The van der Waals surface area contributed by atoms with Gasteiger partial charge in [-0.15, -0.1) is 0 Å². The summed E-state index contributed by atoms with van der Waals surface area (Å²) in [5.41, 5.74) is 3.21. The van der Waals surface area contributed by atoms with Gasteiger partial charge < -0.3 is 4.74 Å². The van der Waals surface area contributed by atoms with Crippen LogP contribution in [0.15, 0.2) is 53.6 Å². The van der Waals surface area contributed by atoms with Crippen LogP contribution in [0.3, 0.4) is 0 Å². The van der Waals surface area contributed by atoms with Crippen molar-refractivity contribution in [2.24, 2.45) is 0 Å². The van der Waals surface area contributed by atoms with Crippen LogP contribution in [0.4, 0.5) is 17.6 Å². The summed E-state index contributed by atoms with van der Waals surface area (Å²) in [5, 5.41) is 0.740. The highest BCUT2D eigenvalue weighted by Crippen LogP contribution is 2.41. The van der Waals surface area contributed by atoms with Gasteiger partial charge in [-0.1, -0.05) is 12.1 Å². The lowest BCUT2D eigenvalue weighted by Gasteiger charge is -2.30. The molecule has 0 bridgehead atoms. The molecule has 1 aliphatic rings. The number of hydrogen-bond donors (Lipinski definition) is 0. The zero-order valence-electron chi connectivity index (χ0n) is 21.6. The normalized spacial score (nSPS) is 17.9. The lowest BCUT2D eigenvalue weighted by atomic mass is 9.75. The molecule has 0 amide bonds. The third kappa shape index (κ3) is 5.79. The van der Waals surface area contributed by atoms with Crippen LogP contribution in [0.25, 0.3) is 11.0 Å². The van der Waals surface area contributed by atoms with Crippen molar-refractivity contribution in [3.63, 3.8) is 0 Å². The van der Waals surface area contributed by atoms with Gasteiger partial charge in [0, 0.05) is 29.0 Å². The van der Waals surface area contributed by atoms with Gasteiger partial charge in [-0.2, -0.15) is 13.2 Å². The molecule has 39 heavy (non-hydrogen) atoms. The monoisotopic (exact) mass is 540 g/mol. The molecule has 0 atom stereocenters. The summed E-state index contributed by atoms with van der Waals surface area (Å²) in [6.07, 6.45) is 0.956. The van der Waals surface area contributed by atoms with Crippen LogP contribution in [0.5, 0.6) is 5.88 Å². The van der Waals surface area contributed by atoms with E-state index in [0.717, 1.165) is 29.4 Å². The van der Waals surface area contributed by atoms with E-state index in [-0.39, 0.29) is 41.3 Å². The average molecular weight is 541 g/mol. The van der Waals surface area contributed by atoms with Crippen LogP contribution < -0.4 is 10.3 Å². The molecule has 1 saturated carbocycles. The molecule has 0 radical (unpaired) electrons. The van der Waals surface area contributed by atoms with E-state index in [1.807, 2.05) is 31.2 Å². The number of alkyl halides is 3. The quantitative estimate of drug-likeness (QED) is 0.266. The lowest BCUT2D eigenvalue weighted by Crippen LogP contribution is -2.29. The first-order valence-electron chi connectivity index (χ1n) is 12.9. The summed E-state index contributed by atoms with van der Waals surface area (Å²) in [4.78, 5) is 26.5. The van der Waals surface area contributed by atoms with E-state index in [0.29, 0.717) is 29.7 Å². The Labute approximate surface area is 222 Å². The Balaban J connectivity index is 1.49. The first-order chi connectivity index (χ1) is 18.6. The summed E-state index contributed by atoms with van der Waals surface area (Å²) >= 11 is 0. The number of hydrogen-bond acceptors (Lipinski definition) is 5. The molecule has 0 aliphatic heterocycles. The smallest absolute Gasteiger partial charge is 0.422 e. The molecule has 6 nitrogen and oxygen atoms in total. The highest BCUT2D eigenvalue weighted by molar-refractivity contribution is 5.76. The summed E-state index contributed by atoms with van der Waals surface area (Å²) < 4.78 is 59.3. The molecule has 3 aromatic heterocycles. The summed E-state index contributed by atoms with van der Waals surface area (Å²) in [6.45, 7) is 2.05. The maximum absolute atomic E-state index is 14.6. The van der Waals surface area contributed by atoms with Crippen LogP contribution in [-0.2, 0) is 6.54 Å². The third-order valence-corrected chi connectivity index (χ3v) is 7.37. The molecule has 0 spiro atoms. The number of benzene rings is 1. The number of nitrogens with zero attached hydrogens (tertiary/aromatic N) is 4. The van der Waals surface area contributed by atoms with Gasteiger partial charge >= 0.3 is 6.18 Å². The van der Waals surface area contributed by atoms with Crippen molar-refractivity contribution in [3.05, 3.63) is 93.0 Å². The van der Waals surface area contributed by atoms with Gasteiger partial charge in [0.15, 0.2) is 6.61 Å². The molecular weight excluding hydrogens is 512 g/mol. The minimum Gasteiger partial charge on any atom is -0.467 e. The molecule has 0 saturated heterocycles. The molecule has 1 fully saturated rings. The minimum absolute atomic E-state index is 0.0411. The van der Waals surface area contributed by atoms with Gasteiger partial charge in [0.05, 0.1) is 6.54 Å². The fourth-order valence-corrected chi connectivity index (χ4v) is 5.54. The SMILES string of the molecule is Cc1ccc2cc([C@H]3CC[C@H](c4c(C)cccc4F)CC3)c(=O)n(Cc3nccnc3OCC(F)(F)F)c2n1. The van der Waals surface area contributed by atoms with Crippen molar-refractivity contribution in [3.8, 4) is 5.88 Å². The van der Waals surface area contributed by atoms with E-state index in [1.165, 1.54) is 23.0 Å². The first-order valence-corrected chi connectivity index (χ1v) is 12.9. The van der Waals surface area contributed by atoms with Crippen molar-refractivity contribution in [1.29, 1.82) is 0 Å². The van der Waals surface area contributed by atoms with Crippen LogP contribution in [0.1, 0.15) is 65.6 Å². The van der Waals surface area contributed by atoms with Crippen LogP contribution in [-0.4, -0.2) is 32.3 Å². The van der Waals surface area contributed by atoms with E-state index in [2.05, 4.69) is 15.0 Å². The predicted octanol–water partition coefficient (Wildman–Crippen LogP) is 6.37. The number of halogens is 4. The second-order valence-corrected chi connectivity index (χ2v) is 10.1. The highest BCUT2D eigenvalue weighted by Gasteiger charge is 2.30. The van der Waals surface area contributed by atoms with Gasteiger partial charge in [-0.05, 0) is 86.8 Å². The van der Waals surface area contributed by atoms with Gasteiger partial charge in [0.25, 0.3) is 5.56 Å². The maximum atomic E-state index is 14.6. The van der Waals surface area contributed by atoms with Crippen molar-refractivity contribution >= 4 is 11.0 Å². The lowest BCUT2D eigenvalue weighted by molar-refractivity contribution is -0.154. The second-order valence-electron chi connectivity index (χ2n) is 10.1. The van der Waals surface area contributed by atoms with Crippen molar-refractivity contribution < 1.29 is 22.3 Å². The number of rotatable bonds is 6. The Morgan fingerprint density at radius 2 is 1.72 bits per heavy atom. The maximum Gasteiger partial charge on any atom is 0.422 e. The Morgan fingerprint density at radius 3 is 2.44 bits per heavy atom. The number of aryl methyl sites for hydroxylation is 2. The molecule has 204 valence electrons. The van der Waals surface area contributed by atoms with E-state index >= 15 is 0 Å². The molecule has 0 unspecified atom stereocenters. The van der Waals surface area contributed by atoms with Crippen molar-refractivity contribution in [1.82, 2.24) is 19.5 Å². The number of ether oxygens (including phenoxy) is 1. The van der Waals surface area contributed by atoms with Crippen molar-refractivity contribution in [2.75, 3.05) is 6.61 Å². The zero-order chi connectivity index (χ0) is 27.7. The molecule has 0 N–H and O–H groups in total. The van der Waals surface area contributed by atoms with E-state index in [4.69, 9.17) is 4.74 Å². The molecule has 5 rings (SSSR count). The van der Waals surface area contributed by atoms with E-state index in [9.17, 15) is 22.4 Å². The topological polar surface area (TPSA) is 69.9 Å². The van der Waals surface area contributed by atoms with Crippen LogP contribution in [0.2, 0.25) is 0 Å². The highest BCUT2D eigenvalue weighted by atomic mass is 19.4. The standard InChI is InChI=1S/C29H28F4N4O2/c1-17-4-3-5-23(30)25(17)20-10-8-19(9-11-20)22-14-21-7-6-18(2)36-26(21)37(28(22)38)15-24-27(35-13-12-34-24)39-16-29(31,32)33/h3-7,12-14,19-20H,8-11,15-16H2,1-2H3/t19-,20-. The molecular formula is C29H28F4N4O2. The van der Waals surface area contributed by atoms with Gasteiger partial charge in [-0.3, -0.25) is 14.3 Å². The fraction of sp³-hybridized carbons (Fsp3) is 0.379. The minimum atomic E-state index is -4.54. The van der Waals surface area contributed by atoms with Gasteiger partial charge in [-0.25, -0.2) is 14.4 Å². The Bertz CT molecular complexity index is 1540. The summed E-state index contributed by atoms with van der Waals surface area (Å²) in [6, 6.07) is 10.7. The molecule has 1 aliphatic carbocycles. The largest absolute Gasteiger partial charge is 0.467 e. The molecule has 10 heteroatoms. The Hall–Kier alpha value is -3.82. The van der Waals surface area contributed by atoms with Crippen molar-refractivity contribution in [2.45, 2.75) is 64.1 Å². The van der Waals surface area contributed by atoms with E-state index in [1.54, 1.807) is 13.0 Å². The molecule has 3 heterocycles. The van der Waals surface area contributed by atoms with Crippen LogP contribution >= 0.6 is 0 Å². The summed E-state index contributed by atoms with van der Waals surface area (Å²) in [7, 11) is 0. The molecule has 1 aromatic carbocycles. The number of fused-ring (bicyclic) bond motifs is 1. The van der Waals surface area contributed by atoms with Gasteiger partial charge in [0.2, 0.25) is 5.88 Å².